The predicted molar refractivity (Wildman–Crippen MR) is 97.9 cm³/mol. The predicted octanol–water partition coefficient (Wildman–Crippen LogP) is 5.92. The Kier molecular flexibility index (Phi) is 6.03. The minimum atomic E-state index is 0.215. The number of aryl methyl sites for hydroxylation is 2. The number of rotatable bonds is 5. The van der Waals surface area contributed by atoms with Crippen molar-refractivity contribution in [1.82, 2.24) is 5.32 Å². The van der Waals surface area contributed by atoms with Crippen LogP contribution >= 0.6 is 31.9 Å². The Labute approximate surface area is 144 Å². The lowest BCUT2D eigenvalue weighted by Crippen LogP contribution is -2.24. The molecule has 1 nitrogen and oxygen atoms in total. The van der Waals surface area contributed by atoms with Gasteiger partial charge in [0.15, 0.2) is 0 Å². The van der Waals surface area contributed by atoms with E-state index in [1.807, 2.05) is 0 Å². The second-order valence-electron chi connectivity index (χ2n) is 5.37. The van der Waals surface area contributed by atoms with Crippen molar-refractivity contribution in [2.24, 2.45) is 0 Å². The molecule has 0 amide bonds. The molecule has 2 aromatic rings. The molecule has 2 rings (SSSR count). The number of hydrogen-bond acceptors (Lipinski definition) is 1. The summed E-state index contributed by atoms with van der Waals surface area (Å²) in [6.07, 6.45) is 1.12. The maximum absolute atomic E-state index is 3.69. The summed E-state index contributed by atoms with van der Waals surface area (Å²) in [5.74, 6) is 0. The van der Waals surface area contributed by atoms with Crippen LogP contribution in [0.15, 0.2) is 45.3 Å². The third-order valence-electron chi connectivity index (χ3n) is 3.67. The summed E-state index contributed by atoms with van der Waals surface area (Å²) >= 11 is 7.32. The molecule has 0 aliphatic rings. The smallest absolute Gasteiger partial charge is 0.0590 e. The van der Waals surface area contributed by atoms with Gasteiger partial charge in [-0.05, 0) is 61.2 Å². The van der Waals surface area contributed by atoms with E-state index in [2.05, 4.69) is 94.3 Å². The van der Waals surface area contributed by atoms with Crippen molar-refractivity contribution in [2.75, 3.05) is 6.54 Å². The minimum absolute atomic E-state index is 0.215. The van der Waals surface area contributed by atoms with Gasteiger partial charge >= 0.3 is 0 Å². The highest BCUT2D eigenvalue weighted by molar-refractivity contribution is 9.10. The first-order valence-electron chi connectivity index (χ1n) is 7.29. The van der Waals surface area contributed by atoms with Gasteiger partial charge < -0.3 is 5.32 Å². The molecule has 21 heavy (non-hydrogen) atoms. The molecular formula is C18H21Br2N. The molecule has 0 saturated heterocycles. The molecule has 0 saturated carbocycles. The normalized spacial score (nSPS) is 12.4. The lowest BCUT2D eigenvalue weighted by atomic mass is 9.93. The molecule has 0 radical (unpaired) electrons. The molecule has 3 heteroatoms. The van der Waals surface area contributed by atoms with Crippen LogP contribution in [0.25, 0.3) is 0 Å². The number of halogens is 2. The molecule has 0 aliphatic heterocycles. The molecule has 1 unspecified atom stereocenters. The van der Waals surface area contributed by atoms with Gasteiger partial charge in [-0.15, -0.1) is 0 Å². The van der Waals surface area contributed by atoms with Crippen LogP contribution in [0, 0.1) is 13.8 Å². The van der Waals surface area contributed by atoms with E-state index in [4.69, 9.17) is 0 Å². The van der Waals surface area contributed by atoms with Gasteiger partial charge in [0, 0.05) is 8.95 Å². The Bertz CT molecular complexity index is 623. The highest BCUT2D eigenvalue weighted by atomic mass is 79.9. The van der Waals surface area contributed by atoms with Crippen molar-refractivity contribution < 1.29 is 0 Å². The van der Waals surface area contributed by atoms with Crippen molar-refractivity contribution in [2.45, 2.75) is 33.2 Å². The van der Waals surface area contributed by atoms with Crippen LogP contribution in [0.1, 0.15) is 41.6 Å². The van der Waals surface area contributed by atoms with Crippen LogP contribution in [-0.4, -0.2) is 6.54 Å². The van der Waals surface area contributed by atoms with E-state index in [0.29, 0.717) is 0 Å². The first-order chi connectivity index (χ1) is 10.0. The van der Waals surface area contributed by atoms with Crippen LogP contribution < -0.4 is 5.32 Å². The van der Waals surface area contributed by atoms with Gasteiger partial charge in [0.1, 0.15) is 0 Å². The van der Waals surface area contributed by atoms with Gasteiger partial charge in [-0.1, -0.05) is 63.0 Å². The number of hydrogen-bond donors (Lipinski definition) is 1. The summed E-state index contributed by atoms with van der Waals surface area (Å²) in [6, 6.07) is 13.2. The van der Waals surface area contributed by atoms with Gasteiger partial charge in [0.2, 0.25) is 0 Å². The fraction of sp³-hybridized carbons (Fsp3) is 0.333. The van der Waals surface area contributed by atoms with Gasteiger partial charge in [-0.25, -0.2) is 0 Å². The molecule has 0 aromatic heterocycles. The van der Waals surface area contributed by atoms with Gasteiger partial charge in [0.25, 0.3) is 0 Å². The van der Waals surface area contributed by atoms with E-state index >= 15 is 0 Å². The first-order valence-corrected chi connectivity index (χ1v) is 8.87. The number of nitrogens with one attached hydrogen (secondary N) is 1. The number of benzene rings is 2. The molecule has 0 fully saturated rings. The van der Waals surface area contributed by atoms with E-state index in [1.54, 1.807) is 0 Å². The van der Waals surface area contributed by atoms with Crippen molar-refractivity contribution in [3.63, 3.8) is 0 Å². The third kappa shape index (κ3) is 3.97. The monoisotopic (exact) mass is 409 g/mol. The van der Waals surface area contributed by atoms with E-state index in [0.717, 1.165) is 17.4 Å². The topological polar surface area (TPSA) is 12.0 Å². The van der Waals surface area contributed by atoms with Crippen molar-refractivity contribution in [3.8, 4) is 0 Å². The van der Waals surface area contributed by atoms with Gasteiger partial charge in [-0.2, -0.15) is 0 Å². The zero-order valence-electron chi connectivity index (χ0n) is 12.7. The minimum Gasteiger partial charge on any atom is -0.306 e. The first kappa shape index (κ1) is 16.7. The average Bonchev–Trinajstić information content (AvgIpc) is 2.46. The Morgan fingerprint density at radius 3 is 2.33 bits per heavy atom. The fourth-order valence-corrected chi connectivity index (χ4v) is 3.47. The summed E-state index contributed by atoms with van der Waals surface area (Å²) in [7, 11) is 0. The van der Waals surface area contributed by atoms with Crippen molar-refractivity contribution in [3.05, 3.63) is 67.6 Å². The van der Waals surface area contributed by atoms with Crippen LogP contribution in [0.3, 0.4) is 0 Å². The SMILES string of the molecule is CCCNC(c1cc(C)c(Br)cc1C)c1ccccc1Br. The lowest BCUT2D eigenvalue weighted by Gasteiger charge is -2.23. The zero-order chi connectivity index (χ0) is 15.4. The van der Waals surface area contributed by atoms with Gasteiger partial charge in [0.05, 0.1) is 6.04 Å². The summed E-state index contributed by atoms with van der Waals surface area (Å²) in [5, 5.41) is 3.69. The quantitative estimate of drug-likeness (QED) is 0.645. The summed E-state index contributed by atoms with van der Waals surface area (Å²) in [5.41, 5.74) is 5.20. The Morgan fingerprint density at radius 2 is 1.67 bits per heavy atom. The molecule has 1 atom stereocenters. The maximum Gasteiger partial charge on any atom is 0.0590 e. The molecule has 0 bridgehead atoms. The highest BCUT2D eigenvalue weighted by Gasteiger charge is 2.18. The van der Waals surface area contributed by atoms with E-state index in [9.17, 15) is 0 Å². The second-order valence-corrected chi connectivity index (χ2v) is 7.08. The Hall–Kier alpha value is -0.640. The molecule has 0 spiro atoms. The summed E-state index contributed by atoms with van der Waals surface area (Å²) in [4.78, 5) is 0. The molecular weight excluding hydrogens is 390 g/mol. The second kappa shape index (κ2) is 7.57. The van der Waals surface area contributed by atoms with Crippen LogP contribution in [0.2, 0.25) is 0 Å². The lowest BCUT2D eigenvalue weighted by molar-refractivity contribution is 0.594. The van der Waals surface area contributed by atoms with Crippen molar-refractivity contribution in [1.29, 1.82) is 0 Å². The average molecular weight is 411 g/mol. The summed E-state index contributed by atoms with van der Waals surface area (Å²) < 4.78 is 2.32. The molecule has 112 valence electrons. The fourth-order valence-electron chi connectivity index (χ4n) is 2.50. The Morgan fingerprint density at radius 1 is 0.952 bits per heavy atom. The van der Waals surface area contributed by atoms with Crippen LogP contribution in [-0.2, 0) is 0 Å². The molecule has 0 aliphatic carbocycles. The highest BCUT2D eigenvalue weighted by Crippen LogP contribution is 2.32. The molecule has 2 aromatic carbocycles. The van der Waals surface area contributed by atoms with E-state index in [-0.39, 0.29) is 6.04 Å². The van der Waals surface area contributed by atoms with Crippen LogP contribution in [0.4, 0.5) is 0 Å². The largest absolute Gasteiger partial charge is 0.306 e. The van der Waals surface area contributed by atoms with E-state index < -0.39 is 0 Å². The maximum atomic E-state index is 3.69. The third-order valence-corrected chi connectivity index (χ3v) is 5.25. The zero-order valence-corrected chi connectivity index (χ0v) is 15.9. The van der Waals surface area contributed by atoms with E-state index in [1.165, 1.54) is 26.7 Å². The summed E-state index contributed by atoms with van der Waals surface area (Å²) in [6.45, 7) is 7.52. The molecule has 0 heterocycles. The van der Waals surface area contributed by atoms with Crippen molar-refractivity contribution >= 4 is 31.9 Å². The standard InChI is InChI=1S/C18H21Br2N/c1-4-9-21-18(14-7-5-6-8-16(14)19)15-10-13(3)17(20)11-12(15)2/h5-8,10-11,18,21H,4,9H2,1-3H3. The Balaban J connectivity index is 2.51. The van der Waals surface area contributed by atoms with Gasteiger partial charge in [-0.3, -0.25) is 0 Å². The van der Waals surface area contributed by atoms with Crippen LogP contribution in [0.5, 0.6) is 0 Å². The molecule has 1 N–H and O–H groups in total.